The molecule has 0 amide bonds. The second kappa shape index (κ2) is 4.44. The molecule has 0 aliphatic heterocycles. The maximum absolute atomic E-state index is 2.58. The third-order valence-corrected chi connectivity index (χ3v) is 10.8. The Hall–Kier alpha value is 2.28. The quantitative estimate of drug-likeness (QED) is 0.465. The minimum absolute atomic E-state index is 0.541. The zero-order valence-electron chi connectivity index (χ0n) is 2.91. The number of hydrogen-bond acceptors (Lipinski definition) is 0. The molecule has 32 valence electrons. The molecule has 0 unspecified atom stereocenters. The van der Waals surface area contributed by atoms with E-state index in [1.54, 1.807) is 0 Å². The third-order valence-electron chi connectivity index (χ3n) is 0.239. The van der Waals surface area contributed by atoms with Gasteiger partial charge in [0.1, 0.15) is 0 Å². The fourth-order valence-electron chi connectivity index (χ4n) is 0. The van der Waals surface area contributed by atoms with Crippen LogP contribution in [-0.4, -0.2) is 12.2 Å². The maximum atomic E-state index is 2.58. The first-order chi connectivity index (χ1) is 2.27. The van der Waals surface area contributed by atoms with Crippen LogP contribution in [0.25, 0.3) is 0 Å². The molecule has 0 aromatic carbocycles. The van der Waals surface area contributed by atoms with Crippen LogP contribution >= 0.6 is 37.0 Å². The molecule has 0 rings (SSSR count). The molecule has 0 saturated heterocycles. The summed E-state index contributed by atoms with van der Waals surface area (Å²) in [6, 6.07) is 0. The molecule has 0 radical (unpaired) electrons. The summed E-state index contributed by atoms with van der Waals surface area (Å²) in [6.45, 7) is 2.27. The van der Waals surface area contributed by atoms with E-state index < -0.39 is 12.2 Å². The topological polar surface area (TPSA) is 0 Å². The summed E-state index contributed by atoms with van der Waals surface area (Å²) >= 11 is 4.61. The van der Waals surface area contributed by atoms with Gasteiger partial charge in [0.05, 0.1) is 0 Å². The Balaban J connectivity index is 2.54. The Morgan fingerprint density at radius 2 is 1.80 bits per heavy atom. The molecule has 5 heavy (non-hydrogen) atoms. The first-order valence-corrected chi connectivity index (χ1v) is 18.0. The van der Waals surface area contributed by atoms with Crippen LogP contribution < -0.4 is 0 Å². The summed E-state index contributed by atoms with van der Waals surface area (Å²) in [5, 5.41) is 0. The number of hydrogen-bond donors (Lipinski definition) is 0. The molecule has 0 spiro atoms. The predicted molar refractivity (Wildman–Crippen MR) is 44.3 cm³/mol. The van der Waals surface area contributed by atoms with Crippen LogP contribution in [0.4, 0.5) is 0 Å². The predicted octanol–water partition coefficient (Wildman–Crippen LogP) is 2.36. The molecule has 3 heteroatoms. The molecule has 0 aromatic heterocycles. The fourth-order valence-corrected chi connectivity index (χ4v) is 0. The number of rotatable bonds is 1. The van der Waals surface area contributed by atoms with Gasteiger partial charge >= 0.3 is 60.5 Å². The van der Waals surface area contributed by atoms with E-state index in [-0.39, 0.29) is 0 Å². The van der Waals surface area contributed by atoms with Crippen LogP contribution in [0.2, 0.25) is 4.37 Å². The minimum atomic E-state index is -0.541. The molecular weight excluding hydrogens is 400 g/mol. The van der Waals surface area contributed by atoms with Crippen LogP contribution in [0.3, 0.4) is 0 Å². The van der Waals surface area contributed by atoms with Gasteiger partial charge < -0.3 is 0 Å². The van der Waals surface area contributed by atoms with E-state index in [2.05, 4.69) is 43.9 Å². The van der Waals surface area contributed by atoms with Crippen LogP contribution in [0.15, 0.2) is 0 Å². The Bertz CT molecular complexity index is 21.6. The van der Waals surface area contributed by atoms with Gasteiger partial charge in [0, 0.05) is 0 Å². The Morgan fingerprint density at radius 3 is 1.80 bits per heavy atom. The van der Waals surface area contributed by atoms with Crippen molar-refractivity contribution in [2.75, 3.05) is 0 Å². The van der Waals surface area contributed by atoms with E-state index in [1.165, 1.54) is 4.37 Å². The SMILES string of the molecule is C[CH2][Sb]([I])[I]. The van der Waals surface area contributed by atoms with Crippen molar-refractivity contribution >= 4 is 49.2 Å². The van der Waals surface area contributed by atoms with Crippen LogP contribution in [0.5, 0.6) is 0 Å². The second-order valence-electron chi connectivity index (χ2n) is 0.619. The van der Waals surface area contributed by atoms with Crippen molar-refractivity contribution in [3.8, 4) is 0 Å². The normalized spacial score (nSPS) is 9.60. The van der Waals surface area contributed by atoms with Crippen molar-refractivity contribution in [2.24, 2.45) is 0 Å². The van der Waals surface area contributed by atoms with E-state index in [0.29, 0.717) is 0 Å². The van der Waals surface area contributed by atoms with E-state index in [4.69, 9.17) is 0 Å². The van der Waals surface area contributed by atoms with E-state index in [9.17, 15) is 0 Å². The first kappa shape index (κ1) is 7.28. The van der Waals surface area contributed by atoms with Gasteiger partial charge in [0.15, 0.2) is 0 Å². The standard InChI is InChI=1S/C2H5.2HI.Sb/c1-2;;;/h1H2,2H3;2*1H;/q;;;+2/p-2. The second-order valence-corrected chi connectivity index (χ2v) is 32.2. The van der Waals surface area contributed by atoms with Crippen molar-refractivity contribution in [3.05, 3.63) is 0 Å². The summed E-state index contributed by atoms with van der Waals surface area (Å²) in [5.74, 6) is 0. The molecule has 0 saturated carbocycles. The zero-order chi connectivity index (χ0) is 4.28. The van der Waals surface area contributed by atoms with E-state index >= 15 is 0 Å². The third kappa shape index (κ3) is 6.28. The average molecular weight is 405 g/mol. The zero-order valence-corrected chi connectivity index (χ0v) is 9.78. The van der Waals surface area contributed by atoms with Crippen molar-refractivity contribution in [2.45, 2.75) is 11.3 Å². The summed E-state index contributed by atoms with van der Waals surface area (Å²) in [5.41, 5.74) is 0. The van der Waals surface area contributed by atoms with Gasteiger partial charge in [-0.3, -0.25) is 0 Å². The van der Waals surface area contributed by atoms with Crippen molar-refractivity contribution < 1.29 is 0 Å². The van der Waals surface area contributed by atoms with Gasteiger partial charge in [0.2, 0.25) is 0 Å². The van der Waals surface area contributed by atoms with Gasteiger partial charge in [-0.2, -0.15) is 0 Å². The van der Waals surface area contributed by atoms with E-state index in [0.717, 1.165) is 0 Å². The number of halogens is 2. The van der Waals surface area contributed by atoms with Gasteiger partial charge in [-0.1, -0.05) is 0 Å². The van der Waals surface area contributed by atoms with Crippen molar-refractivity contribution in [3.63, 3.8) is 0 Å². The Labute approximate surface area is 59.2 Å². The van der Waals surface area contributed by atoms with Gasteiger partial charge in [-0.15, -0.1) is 0 Å². The van der Waals surface area contributed by atoms with Crippen molar-refractivity contribution in [1.29, 1.82) is 0 Å². The molecule has 0 N–H and O–H groups in total. The van der Waals surface area contributed by atoms with Gasteiger partial charge in [-0.05, 0) is 0 Å². The van der Waals surface area contributed by atoms with Crippen LogP contribution in [0.1, 0.15) is 6.92 Å². The summed E-state index contributed by atoms with van der Waals surface area (Å²) in [4.78, 5) is 0. The van der Waals surface area contributed by atoms with Crippen LogP contribution in [-0.2, 0) is 0 Å². The molecule has 0 aliphatic rings. The van der Waals surface area contributed by atoms with Crippen LogP contribution in [0, 0.1) is 0 Å². The molecule has 0 aromatic rings. The van der Waals surface area contributed by atoms with E-state index in [1.807, 2.05) is 0 Å². The average Bonchev–Trinajstić information content (AvgIpc) is 1.38. The van der Waals surface area contributed by atoms with Crippen molar-refractivity contribution in [1.82, 2.24) is 0 Å². The molecule has 0 fully saturated rings. The Kier molecular flexibility index (Phi) is 6.46. The molecule has 0 aliphatic carbocycles. The van der Waals surface area contributed by atoms with Gasteiger partial charge in [0.25, 0.3) is 0 Å². The summed E-state index contributed by atoms with van der Waals surface area (Å²) < 4.78 is 1.46. The fraction of sp³-hybridized carbons (Fsp3) is 1.00. The van der Waals surface area contributed by atoms with Gasteiger partial charge in [-0.25, -0.2) is 0 Å². The Morgan fingerprint density at radius 1 is 1.60 bits per heavy atom. The molecule has 0 atom stereocenters. The summed E-state index contributed by atoms with van der Waals surface area (Å²) in [6.07, 6.45) is 0. The molecule has 0 nitrogen and oxygen atoms in total. The molecule has 0 bridgehead atoms. The first-order valence-electron chi connectivity index (χ1n) is 1.36. The monoisotopic (exact) mass is 404 g/mol. The molecule has 0 heterocycles. The molecular formula is C2H5I2Sb. The summed E-state index contributed by atoms with van der Waals surface area (Å²) in [7, 11) is 0.